The Morgan fingerprint density at radius 2 is 2.00 bits per heavy atom. The van der Waals surface area contributed by atoms with Gasteiger partial charge in [-0.2, -0.15) is 4.39 Å². The minimum absolute atomic E-state index is 0.117. The van der Waals surface area contributed by atoms with Crippen molar-refractivity contribution < 1.29 is 23.1 Å². The lowest BCUT2D eigenvalue weighted by Gasteiger charge is -2.06. The van der Waals surface area contributed by atoms with Crippen LogP contribution in [0.25, 0.3) is 11.0 Å². The van der Waals surface area contributed by atoms with Gasteiger partial charge in [0.25, 0.3) is 5.91 Å². The van der Waals surface area contributed by atoms with Crippen LogP contribution in [0.1, 0.15) is 43.0 Å². The fraction of sp³-hybridized carbons (Fsp3) is 0.375. The third-order valence-electron chi connectivity index (χ3n) is 3.45. The Hall–Kier alpha value is -2.44. The molecule has 124 valence electrons. The number of phenolic OH excluding ortho intramolecular Hbond substituents is 1. The van der Waals surface area contributed by atoms with Crippen molar-refractivity contribution in [3.05, 3.63) is 39.8 Å². The van der Waals surface area contributed by atoms with Crippen LogP contribution in [0.5, 0.6) is 5.75 Å². The molecule has 0 bridgehead atoms. The van der Waals surface area contributed by atoms with Crippen LogP contribution in [0.3, 0.4) is 0 Å². The summed E-state index contributed by atoms with van der Waals surface area (Å²) in [6, 6.07) is 1.85. The summed E-state index contributed by atoms with van der Waals surface area (Å²) in [5, 5.41) is 11.6. The third kappa shape index (κ3) is 3.67. The summed E-state index contributed by atoms with van der Waals surface area (Å²) in [6.07, 6.45) is 3.84. The summed E-state index contributed by atoms with van der Waals surface area (Å²) >= 11 is 0. The predicted molar refractivity (Wildman–Crippen MR) is 80.5 cm³/mol. The molecule has 1 aromatic heterocycles. The Morgan fingerprint density at radius 3 is 2.70 bits per heavy atom. The Balaban J connectivity index is 2.24. The summed E-state index contributed by atoms with van der Waals surface area (Å²) in [7, 11) is 0. The highest BCUT2D eigenvalue weighted by molar-refractivity contribution is 5.96. The van der Waals surface area contributed by atoms with Crippen molar-refractivity contribution in [3.8, 4) is 5.75 Å². The second kappa shape index (κ2) is 7.21. The summed E-state index contributed by atoms with van der Waals surface area (Å²) in [6.45, 7) is 2.46. The van der Waals surface area contributed by atoms with Gasteiger partial charge < -0.3 is 14.8 Å². The Morgan fingerprint density at radius 1 is 1.26 bits per heavy atom. The molecule has 2 N–H and O–H groups in total. The molecule has 1 amide bonds. The summed E-state index contributed by atoms with van der Waals surface area (Å²) in [4.78, 5) is 23.8. The summed E-state index contributed by atoms with van der Waals surface area (Å²) < 4.78 is 31.7. The zero-order valence-corrected chi connectivity index (χ0v) is 12.6. The fourth-order valence-corrected chi connectivity index (χ4v) is 2.19. The smallest absolute Gasteiger partial charge is 0.349 e. The number of benzene rings is 1. The molecule has 0 saturated heterocycles. The predicted octanol–water partition coefficient (Wildman–Crippen LogP) is 3.09. The van der Waals surface area contributed by atoms with E-state index in [1.165, 1.54) is 0 Å². The van der Waals surface area contributed by atoms with E-state index in [1.54, 1.807) is 0 Å². The Bertz CT molecular complexity index is 786. The maximum Gasteiger partial charge on any atom is 0.349 e. The van der Waals surface area contributed by atoms with Crippen LogP contribution in [-0.4, -0.2) is 17.6 Å². The zero-order valence-electron chi connectivity index (χ0n) is 12.6. The first-order valence-electron chi connectivity index (χ1n) is 7.38. The van der Waals surface area contributed by atoms with Gasteiger partial charge in [0.15, 0.2) is 17.1 Å². The maximum absolute atomic E-state index is 13.7. The molecule has 0 aliphatic rings. The topological polar surface area (TPSA) is 79.5 Å². The first kappa shape index (κ1) is 16.9. The number of fused-ring (bicyclic) bond motifs is 1. The molecule has 1 aromatic carbocycles. The second-order valence-corrected chi connectivity index (χ2v) is 5.20. The molecule has 7 heteroatoms. The van der Waals surface area contributed by atoms with Crippen molar-refractivity contribution >= 4 is 16.9 Å². The van der Waals surface area contributed by atoms with Crippen LogP contribution in [0.2, 0.25) is 0 Å². The van der Waals surface area contributed by atoms with E-state index in [-0.39, 0.29) is 10.9 Å². The quantitative estimate of drug-likeness (QED) is 0.632. The monoisotopic (exact) mass is 325 g/mol. The molecule has 0 aliphatic carbocycles. The molecule has 1 heterocycles. The van der Waals surface area contributed by atoms with Gasteiger partial charge in [0.1, 0.15) is 5.56 Å². The number of hydrogen-bond acceptors (Lipinski definition) is 4. The minimum atomic E-state index is -1.37. The molecular formula is C16H17F2NO4. The van der Waals surface area contributed by atoms with Crippen molar-refractivity contribution in [1.29, 1.82) is 0 Å². The van der Waals surface area contributed by atoms with Crippen molar-refractivity contribution in [3.63, 3.8) is 0 Å². The van der Waals surface area contributed by atoms with Crippen LogP contribution in [0, 0.1) is 11.6 Å². The number of carbonyl (C=O) groups is 1. The lowest BCUT2D eigenvalue weighted by molar-refractivity contribution is 0.0949. The number of phenols is 1. The van der Waals surface area contributed by atoms with Crippen LogP contribution in [0.15, 0.2) is 21.3 Å². The van der Waals surface area contributed by atoms with Gasteiger partial charge in [0.2, 0.25) is 5.82 Å². The van der Waals surface area contributed by atoms with E-state index in [9.17, 15) is 18.4 Å². The number of hydrogen-bond donors (Lipinski definition) is 2. The largest absolute Gasteiger partial charge is 0.503 e. The average molecular weight is 325 g/mol. The zero-order chi connectivity index (χ0) is 17.0. The SMILES string of the molecule is CCCCCCNC(=O)c1cc2cc(F)c(O)c(F)c2oc1=O. The lowest BCUT2D eigenvalue weighted by atomic mass is 10.1. The number of rotatable bonds is 6. The molecule has 0 saturated carbocycles. The van der Waals surface area contributed by atoms with E-state index in [2.05, 4.69) is 12.2 Å². The Labute approximate surface area is 130 Å². The average Bonchev–Trinajstić information content (AvgIpc) is 2.53. The van der Waals surface area contributed by atoms with E-state index >= 15 is 0 Å². The molecule has 0 radical (unpaired) electrons. The minimum Gasteiger partial charge on any atom is -0.503 e. The van der Waals surface area contributed by atoms with Crippen LogP contribution < -0.4 is 10.9 Å². The van der Waals surface area contributed by atoms with Crippen molar-refractivity contribution in [2.45, 2.75) is 32.6 Å². The molecular weight excluding hydrogens is 308 g/mol. The summed E-state index contributed by atoms with van der Waals surface area (Å²) in [5.74, 6) is -4.46. The van der Waals surface area contributed by atoms with Gasteiger partial charge in [0.05, 0.1) is 0 Å². The molecule has 2 aromatic rings. The van der Waals surface area contributed by atoms with Crippen LogP contribution >= 0.6 is 0 Å². The highest BCUT2D eigenvalue weighted by atomic mass is 19.1. The van der Waals surface area contributed by atoms with E-state index in [4.69, 9.17) is 9.52 Å². The normalized spacial score (nSPS) is 10.9. The molecule has 5 nitrogen and oxygen atoms in total. The van der Waals surface area contributed by atoms with E-state index in [0.29, 0.717) is 6.54 Å². The van der Waals surface area contributed by atoms with E-state index < -0.39 is 34.5 Å². The van der Waals surface area contributed by atoms with Crippen molar-refractivity contribution in [2.24, 2.45) is 0 Å². The van der Waals surface area contributed by atoms with E-state index in [0.717, 1.165) is 37.8 Å². The van der Waals surface area contributed by atoms with Gasteiger partial charge in [-0.05, 0) is 18.6 Å². The first-order valence-corrected chi connectivity index (χ1v) is 7.38. The van der Waals surface area contributed by atoms with Crippen molar-refractivity contribution in [2.75, 3.05) is 6.54 Å². The fourth-order valence-electron chi connectivity index (χ4n) is 2.19. The molecule has 0 atom stereocenters. The Kier molecular flexibility index (Phi) is 5.31. The highest BCUT2D eigenvalue weighted by Gasteiger charge is 2.19. The van der Waals surface area contributed by atoms with Gasteiger partial charge in [0, 0.05) is 11.9 Å². The number of aromatic hydroxyl groups is 1. The van der Waals surface area contributed by atoms with Gasteiger partial charge in [-0.15, -0.1) is 0 Å². The molecule has 0 fully saturated rings. The first-order chi connectivity index (χ1) is 11.0. The standard InChI is InChI=1S/C16H17F2NO4/c1-2-3-4-5-6-19-15(21)10-7-9-8-11(17)13(20)12(18)14(9)23-16(10)22/h7-8,20H,2-6H2,1H3,(H,19,21). The second-order valence-electron chi connectivity index (χ2n) is 5.20. The maximum atomic E-state index is 13.7. The third-order valence-corrected chi connectivity index (χ3v) is 3.45. The van der Waals surface area contributed by atoms with Crippen LogP contribution in [0.4, 0.5) is 8.78 Å². The lowest BCUT2D eigenvalue weighted by Crippen LogP contribution is -2.29. The number of halogens is 2. The van der Waals surface area contributed by atoms with Gasteiger partial charge in [-0.3, -0.25) is 4.79 Å². The van der Waals surface area contributed by atoms with Gasteiger partial charge in [-0.25, -0.2) is 9.18 Å². The van der Waals surface area contributed by atoms with Gasteiger partial charge >= 0.3 is 5.63 Å². The molecule has 0 unspecified atom stereocenters. The van der Waals surface area contributed by atoms with E-state index in [1.807, 2.05) is 0 Å². The number of nitrogens with one attached hydrogen (secondary N) is 1. The highest BCUT2D eigenvalue weighted by Crippen LogP contribution is 2.28. The van der Waals surface area contributed by atoms with Gasteiger partial charge in [-0.1, -0.05) is 26.2 Å². The van der Waals surface area contributed by atoms with Crippen LogP contribution in [-0.2, 0) is 0 Å². The number of carbonyl (C=O) groups excluding carboxylic acids is 1. The number of amides is 1. The molecule has 2 rings (SSSR count). The molecule has 0 spiro atoms. The molecule has 0 aliphatic heterocycles. The molecule has 23 heavy (non-hydrogen) atoms. The summed E-state index contributed by atoms with van der Waals surface area (Å²) in [5.41, 5.74) is -1.97. The van der Waals surface area contributed by atoms with Crippen molar-refractivity contribution in [1.82, 2.24) is 5.32 Å². The number of unbranched alkanes of at least 4 members (excludes halogenated alkanes) is 3.